The van der Waals surface area contributed by atoms with Crippen molar-refractivity contribution >= 4 is 39.6 Å². The van der Waals surface area contributed by atoms with Crippen molar-refractivity contribution in [2.24, 2.45) is 0 Å². The molecule has 2 unspecified atom stereocenters. The Bertz CT molecular complexity index is 1250. The van der Waals surface area contributed by atoms with Gasteiger partial charge < -0.3 is 15.5 Å². The summed E-state index contributed by atoms with van der Waals surface area (Å²) in [4.78, 5) is 36.2. The summed E-state index contributed by atoms with van der Waals surface area (Å²) in [6, 6.07) is -1.75. The number of aromatic nitrogens is 2. The highest BCUT2D eigenvalue weighted by Gasteiger charge is 2.37. The number of alkyl halides is 5. The third-order valence-corrected chi connectivity index (χ3v) is 9.90. The second-order valence-electron chi connectivity index (χ2n) is 10.0. The quantitative estimate of drug-likeness (QED) is 0.293. The van der Waals surface area contributed by atoms with Gasteiger partial charge in [0.2, 0.25) is 0 Å². The molecule has 0 aliphatic carbocycles. The normalized spacial score (nSPS) is 21.4. The molecular formula is C24H30F5N5O4S2. The zero-order valence-electron chi connectivity index (χ0n) is 21.7. The van der Waals surface area contributed by atoms with E-state index in [1.807, 2.05) is 6.92 Å². The molecule has 2 saturated heterocycles. The van der Waals surface area contributed by atoms with Crippen LogP contribution in [0.15, 0.2) is 12.3 Å². The lowest BCUT2D eigenvalue weighted by atomic mass is 10.1. The number of hydrogen-bond donors (Lipinski definition) is 4. The van der Waals surface area contributed by atoms with Crippen molar-refractivity contribution in [3.05, 3.63) is 28.5 Å². The molecular weight excluding hydrogens is 581 g/mol. The lowest BCUT2D eigenvalue weighted by Crippen LogP contribution is -2.39. The highest BCUT2D eigenvalue weighted by molar-refractivity contribution is 8.24. The van der Waals surface area contributed by atoms with Gasteiger partial charge in [-0.1, -0.05) is 0 Å². The van der Waals surface area contributed by atoms with Crippen LogP contribution in [0.2, 0.25) is 0 Å². The van der Waals surface area contributed by atoms with Crippen LogP contribution in [0.25, 0.3) is 10.4 Å². The summed E-state index contributed by atoms with van der Waals surface area (Å²) in [5.41, 5.74) is -1.09. The van der Waals surface area contributed by atoms with Crippen molar-refractivity contribution in [1.29, 1.82) is 0 Å². The molecule has 0 saturated carbocycles. The highest BCUT2D eigenvalue weighted by atomic mass is 32.3. The predicted molar refractivity (Wildman–Crippen MR) is 142 cm³/mol. The van der Waals surface area contributed by atoms with Crippen LogP contribution in [0.5, 0.6) is 0 Å². The second-order valence-corrected chi connectivity index (χ2v) is 13.4. The van der Waals surface area contributed by atoms with Gasteiger partial charge >= 0.3 is 6.18 Å². The van der Waals surface area contributed by atoms with E-state index in [2.05, 4.69) is 20.6 Å². The standard InChI is InChI=1S/C24H30F5N5O4S2/c1-12-4-3-7-34(12)23(36)18-19(39-22(33-18)21(35)32-14-5-8-40(37,38)9-6-14)16-11-30-17(10-15(16)20(25)26)31-13(2)24(27,28)29/h10-14,20,37-38H,3-9H2,1-2H3,(H,30,31)(H,32,35). The van der Waals surface area contributed by atoms with Gasteiger partial charge in [0.05, 0.1) is 4.88 Å². The minimum atomic E-state index is -4.63. The summed E-state index contributed by atoms with van der Waals surface area (Å²) in [6.45, 7) is 3.09. The first-order valence-electron chi connectivity index (χ1n) is 12.6. The number of pyridine rings is 1. The van der Waals surface area contributed by atoms with E-state index in [-0.39, 0.29) is 44.7 Å². The van der Waals surface area contributed by atoms with E-state index >= 15 is 0 Å². The maximum absolute atomic E-state index is 14.2. The smallest absolute Gasteiger partial charge is 0.359 e. The van der Waals surface area contributed by atoms with Gasteiger partial charge in [0.25, 0.3) is 18.2 Å². The van der Waals surface area contributed by atoms with Crippen molar-refractivity contribution in [3.8, 4) is 10.4 Å². The summed E-state index contributed by atoms with van der Waals surface area (Å²) in [7, 11) is -2.67. The summed E-state index contributed by atoms with van der Waals surface area (Å²) in [6.07, 6.45) is -4.68. The number of amides is 2. The molecule has 40 heavy (non-hydrogen) atoms. The van der Waals surface area contributed by atoms with Gasteiger partial charge in [-0.05, 0) is 45.6 Å². The maximum Gasteiger partial charge on any atom is 0.408 e. The van der Waals surface area contributed by atoms with E-state index in [0.29, 0.717) is 30.7 Å². The average molecular weight is 612 g/mol. The zero-order valence-corrected chi connectivity index (χ0v) is 23.3. The van der Waals surface area contributed by atoms with Crippen LogP contribution in [0, 0.1) is 0 Å². The summed E-state index contributed by atoms with van der Waals surface area (Å²) in [5, 5.41) is 4.67. The summed E-state index contributed by atoms with van der Waals surface area (Å²) >= 11 is 0.715. The molecule has 4 rings (SSSR count). The summed E-state index contributed by atoms with van der Waals surface area (Å²) in [5.74, 6) is -1.35. The first-order chi connectivity index (χ1) is 18.7. The fourth-order valence-corrected chi connectivity index (χ4v) is 7.16. The Kier molecular flexibility index (Phi) is 8.92. The van der Waals surface area contributed by atoms with Crippen LogP contribution in [-0.4, -0.2) is 78.1 Å². The Labute approximate surface area is 232 Å². The molecule has 2 aliphatic rings. The largest absolute Gasteiger partial charge is 0.408 e. The Morgan fingerprint density at radius 2 is 1.88 bits per heavy atom. The van der Waals surface area contributed by atoms with E-state index in [1.165, 1.54) is 0 Å². The third-order valence-electron chi connectivity index (χ3n) is 7.03. The van der Waals surface area contributed by atoms with Gasteiger partial charge in [-0.3, -0.25) is 18.7 Å². The number of nitrogens with zero attached hydrogens (tertiary/aromatic N) is 3. The molecule has 2 atom stereocenters. The number of carbonyl (C=O) groups is 2. The Hall–Kier alpha value is -2.56. The number of nitrogens with one attached hydrogen (secondary N) is 2. The van der Waals surface area contributed by atoms with Gasteiger partial charge in [0, 0.05) is 47.5 Å². The molecule has 0 bridgehead atoms. The molecule has 16 heteroatoms. The van der Waals surface area contributed by atoms with Crippen molar-refractivity contribution in [1.82, 2.24) is 20.2 Å². The monoisotopic (exact) mass is 611 g/mol. The van der Waals surface area contributed by atoms with E-state index < -0.39 is 52.4 Å². The fraction of sp³-hybridized carbons (Fsp3) is 0.583. The molecule has 2 aliphatic heterocycles. The van der Waals surface area contributed by atoms with Gasteiger partial charge in [0.15, 0.2) is 5.01 Å². The molecule has 2 aromatic heterocycles. The van der Waals surface area contributed by atoms with Crippen LogP contribution in [0.4, 0.5) is 27.8 Å². The number of thiazole rings is 1. The van der Waals surface area contributed by atoms with Crippen molar-refractivity contribution in [2.75, 3.05) is 23.4 Å². The number of likely N-dealkylation sites (tertiary alicyclic amines) is 1. The maximum atomic E-state index is 14.2. The van der Waals surface area contributed by atoms with E-state index in [1.54, 1.807) is 4.90 Å². The molecule has 4 heterocycles. The molecule has 2 amide bonds. The fourth-order valence-electron chi connectivity index (χ4n) is 4.64. The molecule has 2 aromatic rings. The van der Waals surface area contributed by atoms with Crippen molar-refractivity contribution < 1.29 is 40.6 Å². The van der Waals surface area contributed by atoms with Gasteiger partial charge in [-0.25, -0.2) is 18.7 Å². The lowest BCUT2D eigenvalue weighted by molar-refractivity contribution is -0.138. The first-order valence-corrected chi connectivity index (χ1v) is 15.3. The van der Waals surface area contributed by atoms with Crippen LogP contribution in [0.1, 0.15) is 71.8 Å². The Morgan fingerprint density at radius 1 is 1.20 bits per heavy atom. The topological polar surface area (TPSA) is 128 Å². The van der Waals surface area contributed by atoms with Crippen LogP contribution >= 0.6 is 21.9 Å². The predicted octanol–water partition coefficient (Wildman–Crippen LogP) is 5.77. The van der Waals surface area contributed by atoms with Gasteiger partial charge in [-0.2, -0.15) is 23.8 Å². The van der Waals surface area contributed by atoms with Gasteiger partial charge in [-0.15, -0.1) is 11.3 Å². The summed E-state index contributed by atoms with van der Waals surface area (Å²) < 4.78 is 87.0. The number of anilines is 1. The number of hydrogen-bond acceptors (Lipinski definition) is 8. The lowest BCUT2D eigenvalue weighted by Gasteiger charge is -2.39. The molecule has 0 aromatic carbocycles. The molecule has 0 spiro atoms. The van der Waals surface area contributed by atoms with E-state index in [9.17, 15) is 40.6 Å². The molecule has 222 valence electrons. The van der Waals surface area contributed by atoms with Crippen LogP contribution in [-0.2, 0) is 0 Å². The molecule has 0 radical (unpaired) electrons. The van der Waals surface area contributed by atoms with E-state index in [0.717, 1.165) is 32.0 Å². The first kappa shape index (κ1) is 30.4. The van der Waals surface area contributed by atoms with Crippen molar-refractivity contribution in [2.45, 2.75) is 70.3 Å². The van der Waals surface area contributed by atoms with Crippen molar-refractivity contribution in [3.63, 3.8) is 0 Å². The average Bonchev–Trinajstić information content (AvgIpc) is 3.51. The van der Waals surface area contributed by atoms with Crippen LogP contribution < -0.4 is 10.6 Å². The second kappa shape index (κ2) is 11.7. The Balaban J connectivity index is 1.70. The van der Waals surface area contributed by atoms with Gasteiger partial charge in [0.1, 0.15) is 17.6 Å². The number of halogens is 5. The molecule has 2 fully saturated rings. The minimum absolute atomic E-state index is 0.0368. The zero-order chi connectivity index (χ0) is 29.4. The highest BCUT2D eigenvalue weighted by Crippen LogP contribution is 2.44. The minimum Gasteiger partial charge on any atom is -0.359 e. The third kappa shape index (κ3) is 6.83. The molecule has 4 N–H and O–H groups in total. The molecule has 9 nitrogen and oxygen atoms in total. The Morgan fingerprint density at radius 3 is 2.45 bits per heavy atom. The van der Waals surface area contributed by atoms with Crippen LogP contribution in [0.3, 0.4) is 0 Å². The number of carbonyl (C=O) groups excluding carboxylic acids is 2. The van der Waals surface area contributed by atoms with E-state index in [4.69, 9.17) is 0 Å². The number of rotatable bonds is 7. The SMILES string of the molecule is CC1CCCN1C(=O)c1nc(C(=O)NC2CCS(O)(O)CC2)sc1-c1cnc(NC(C)C(F)(F)F)cc1C(F)F.